The number of nitrogen functional groups attached to an aromatic ring is 1. The van der Waals surface area contributed by atoms with E-state index in [2.05, 4.69) is 0 Å². The predicted octanol–water partition coefficient (Wildman–Crippen LogP) is 1.66. The first kappa shape index (κ1) is 11.9. The quantitative estimate of drug-likeness (QED) is 0.792. The van der Waals surface area contributed by atoms with Gasteiger partial charge in [0.2, 0.25) is 5.91 Å². The molecule has 0 aromatic heterocycles. The van der Waals surface area contributed by atoms with E-state index in [0.29, 0.717) is 12.3 Å². The van der Waals surface area contributed by atoms with E-state index in [-0.39, 0.29) is 17.9 Å². The molecule has 92 valence electrons. The Morgan fingerprint density at radius 1 is 1.47 bits per heavy atom. The van der Waals surface area contributed by atoms with E-state index in [4.69, 9.17) is 10.5 Å². The van der Waals surface area contributed by atoms with Crippen LogP contribution in [0.4, 0.5) is 11.4 Å². The molecule has 0 radical (unpaired) electrons. The monoisotopic (exact) mass is 234 g/mol. The van der Waals surface area contributed by atoms with Crippen molar-refractivity contribution in [1.29, 1.82) is 0 Å². The second-order valence-electron chi connectivity index (χ2n) is 4.53. The zero-order chi connectivity index (χ0) is 12.4. The van der Waals surface area contributed by atoms with E-state index < -0.39 is 0 Å². The van der Waals surface area contributed by atoms with Gasteiger partial charge in [-0.2, -0.15) is 0 Å². The van der Waals surface area contributed by atoms with Gasteiger partial charge in [-0.05, 0) is 25.5 Å². The number of nitrogens with zero attached hydrogens (tertiary/aromatic N) is 1. The number of rotatable bonds is 2. The summed E-state index contributed by atoms with van der Waals surface area (Å²) in [6.07, 6.45) is 0.959. The fourth-order valence-electron chi connectivity index (χ4n) is 2.17. The Balaban J connectivity index is 2.12. The van der Waals surface area contributed by atoms with E-state index in [9.17, 15) is 4.79 Å². The van der Waals surface area contributed by atoms with E-state index in [0.717, 1.165) is 12.1 Å². The molecule has 1 saturated heterocycles. The van der Waals surface area contributed by atoms with Gasteiger partial charge in [0, 0.05) is 7.05 Å². The van der Waals surface area contributed by atoms with E-state index >= 15 is 0 Å². The molecule has 4 heteroatoms. The Labute approximate surface area is 101 Å². The van der Waals surface area contributed by atoms with Crippen LogP contribution >= 0.6 is 0 Å². The lowest BCUT2D eigenvalue weighted by Crippen LogP contribution is -2.33. The zero-order valence-electron chi connectivity index (χ0n) is 10.2. The highest BCUT2D eigenvalue weighted by Gasteiger charge is 2.31. The van der Waals surface area contributed by atoms with Crippen LogP contribution in [0, 0.1) is 5.92 Å². The summed E-state index contributed by atoms with van der Waals surface area (Å²) in [5.41, 5.74) is 7.24. The van der Waals surface area contributed by atoms with Crippen LogP contribution in [0.5, 0.6) is 0 Å². The third-order valence-electron chi connectivity index (χ3n) is 3.18. The molecule has 2 atom stereocenters. The number of ether oxygens (including phenoxy) is 1. The summed E-state index contributed by atoms with van der Waals surface area (Å²) >= 11 is 0. The summed E-state index contributed by atoms with van der Waals surface area (Å²) < 4.78 is 5.42. The molecule has 2 rings (SSSR count). The summed E-state index contributed by atoms with van der Waals surface area (Å²) in [4.78, 5) is 13.9. The van der Waals surface area contributed by atoms with Gasteiger partial charge >= 0.3 is 0 Å². The van der Waals surface area contributed by atoms with Crippen LogP contribution in [0.2, 0.25) is 0 Å². The highest BCUT2D eigenvalue weighted by molar-refractivity contribution is 5.97. The average Bonchev–Trinajstić information content (AvgIpc) is 2.75. The van der Waals surface area contributed by atoms with Crippen LogP contribution in [-0.2, 0) is 9.53 Å². The van der Waals surface area contributed by atoms with E-state index in [1.807, 2.05) is 25.1 Å². The molecule has 1 fully saturated rings. The highest BCUT2D eigenvalue weighted by atomic mass is 16.5. The minimum atomic E-state index is -0.0467. The molecule has 0 spiro atoms. The van der Waals surface area contributed by atoms with Gasteiger partial charge in [-0.3, -0.25) is 4.79 Å². The summed E-state index contributed by atoms with van der Waals surface area (Å²) in [7, 11) is 1.76. The first-order chi connectivity index (χ1) is 8.09. The number of benzene rings is 1. The fourth-order valence-corrected chi connectivity index (χ4v) is 2.17. The summed E-state index contributed by atoms with van der Waals surface area (Å²) in [5.74, 6) is 0.0295. The minimum absolute atomic E-state index is 0.0467. The molecule has 0 saturated carbocycles. The highest BCUT2D eigenvalue weighted by Crippen LogP contribution is 2.26. The van der Waals surface area contributed by atoms with Crippen LogP contribution in [0.1, 0.15) is 13.3 Å². The fraction of sp³-hybridized carbons (Fsp3) is 0.462. The smallest absolute Gasteiger partial charge is 0.232 e. The van der Waals surface area contributed by atoms with Gasteiger partial charge in [0.05, 0.1) is 30.0 Å². The Morgan fingerprint density at radius 3 is 2.76 bits per heavy atom. The Morgan fingerprint density at radius 2 is 2.18 bits per heavy atom. The summed E-state index contributed by atoms with van der Waals surface area (Å²) in [6.45, 7) is 2.50. The molecule has 2 unspecified atom stereocenters. The third-order valence-corrected chi connectivity index (χ3v) is 3.18. The predicted molar refractivity (Wildman–Crippen MR) is 67.8 cm³/mol. The van der Waals surface area contributed by atoms with Crippen LogP contribution in [0.25, 0.3) is 0 Å². The molecule has 1 aromatic carbocycles. The van der Waals surface area contributed by atoms with Gasteiger partial charge in [-0.1, -0.05) is 12.1 Å². The van der Waals surface area contributed by atoms with Gasteiger partial charge < -0.3 is 15.4 Å². The van der Waals surface area contributed by atoms with Crippen molar-refractivity contribution in [2.75, 3.05) is 24.3 Å². The number of carbonyl (C=O) groups excluding carboxylic acids is 1. The Hall–Kier alpha value is -1.55. The lowest BCUT2D eigenvalue weighted by Gasteiger charge is -2.21. The number of hydrogen-bond donors (Lipinski definition) is 1. The van der Waals surface area contributed by atoms with E-state index in [1.54, 1.807) is 18.0 Å². The topological polar surface area (TPSA) is 55.6 Å². The van der Waals surface area contributed by atoms with Crippen molar-refractivity contribution >= 4 is 17.3 Å². The van der Waals surface area contributed by atoms with Crippen molar-refractivity contribution < 1.29 is 9.53 Å². The standard InChI is InChI=1S/C13H18N2O2/c1-9-7-10(8-17-9)13(16)15(2)12-6-4-3-5-11(12)14/h3-6,9-10H,7-8,14H2,1-2H3. The maximum absolute atomic E-state index is 12.2. The number of hydrogen-bond acceptors (Lipinski definition) is 3. The molecule has 1 aliphatic rings. The molecule has 1 heterocycles. The first-order valence-electron chi connectivity index (χ1n) is 5.83. The van der Waals surface area contributed by atoms with Crippen LogP contribution in [-0.4, -0.2) is 25.7 Å². The number of carbonyl (C=O) groups is 1. The molecule has 1 amide bonds. The number of amides is 1. The molecule has 2 N–H and O–H groups in total. The van der Waals surface area contributed by atoms with Gasteiger partial charge in [0.1, 0.15) is 0 Å². The molecule has 17 heavy (non-hydrogen) atoms. The van der Waals surface area contributed by atoms with Crippen molar-refractivity contribution in [2.45, 2.75) is 19.4 Å². The average molecular weight is 234 g/mol. The third kappa shape index (κ3) is 2.42. The van der Waals surface area contributed by atoms with Crippen molar-refractivity contribution in [3.8, 4) is 0 Å². The van der Waals surface area contributed by atoms with Crippen LogP contribution < -0.4 is 10.6 Å². The summed E-state index contributed by atoms with van der Waals surface area (Å²) in [5, 5.41) is 0. The number of anilines is 2. The molecule has 0 bridgehead atoms. The van der Waals surface area contributed by atoms with Gasteiger partial charge in [0.15, 0.2) is 0 Å². The molecule has 0 aliphatic carbocycles. The molecule has 1 aliphatic heterocycles. The number of nitrogens with two attached hydrogens (primary N) is 1. The number of para-hydroxylation sites is 2. The van der Waals surface area contributed by atoms with E-state index in [1.165, 1.54) is 0 Å². The first-order valence-corrected chi connectivity index (χ1v) is 5.83. The lowest BCUT2D eigenvalue weighted by atomic mass is 10.0. The van der Waals surface area contributed by atoms with Gasteiger partial charge in [0.25, 0.3) is 0 Å². The lowest BCUT2D eigenvalue weighted by molar-refractivity contribution is -0.122. The Kier molecular flexibility index (Phi) is 3.33. The normalized spacial score (nSPS) is 23.6. The molecule has 1 aromatic rings. The van der Waals surface area contributed by atoms with Gasteiger partial charge in [-0.25, -0.2) is 0 Å². The van der Waals surface area contributed by atoms with Crippen LogP contribution in [0.15, 0.2) is 24.3 Å². The van der Waals surface area contributed by atoms with Crippen LogP contribution in [0.3, 0.4) is 0 Å². The minimum Gasteiger partial charge on any atom is -0.397 e. The summed E-state index contributed by atoms with van der Waals surface area (Å²) in [6, 6.07) is 7.39. The molecule has 4 nitrogen and oxygen atoms in total. The van der Waals surface area contributed by atoms with Crippen molar-refractivity contribution in [2.24, 2.45) is 5.92 Å². The van der Waals surface area contributed by atoms with Gasteiger partial charge in [-0.15, -0.1) is 0 Å². The second-order valence-corrected chi connectivity index (χ2v) is 4.53. The van der Waals surface area contributed by atoms with Crippen molar-refractivity contribution in [1.82, 2.24) is 0 Å². The maximum Gasteiger partial charge on any atom is 0.232 e. The zero-order valence-corrected chi connectivity index (χ0v) is 10.2. The maximum atomic E-state index is 12.2. The van der Waals surface area contributed by atoms with Crippen molar-refractivity contribution in [3.63, 3.8) is 0 Å². The molecular weight excluding hydrogens is 216 g/mol. The second kappa shape index (κ2) is 4.75. The van der Waals surface area contributed by atoms with Crippen molar-refractivity contribution in [3.05, 3.63) is 24.3 Å². The molecular formula is C13H18N2O2. The SMILES string of the molecule is CC1CC(C(=O)N(C)c2ccccc2N)CO1. The Bertz CT molecular complexity index is 420. The largest absolute Gasteiger partial charge is 0.397 e.